The molecule has 0 radical (unpaired) electrons. The lowest BCUT2D eigenvalue weighted by Crippen LogP contribution is -2.36. The van der Waals surface area contributed by atoms with Crippen molar-refractivity contribution in [2.75, 3.05) is 0 Å². The summed E-state index contributed by atoms with van der Waals surface area (Å²) in [6.07, 6.45) is 1.79. The van der Waals surface area contributed by atoms with Crippen molar-refractivity contribution in [2.24, 2.45) is 0 Å². The van der Waals surface area contributed by atoms with Crippen LogP contribution in [0.25, 0.3) is 0 Å². The van der Waals surface area contributed by atoms with Gasteiger partial charge in [0, 0.05) is 11.1 Å². The number of hydrogen-bond donors (Lipinski definition) is 2. The average molecular weight is 258 g/mol. The van der Waals surface area contributed by atoms with Crippen molar-refractivity contribution in [3.05, 3.63) is 34.6 Å². The largest absolute Gasteiger partial charge is 0.480 e. The normalized spacial score (nSPS) is 23.9. The van der Waals surface area contributed by atoms with E-state index in [1.807, 2.05) is 0 Å². The van der Waals surface area contributed by atoms with Gasteiger partial charge >= 0.3 is 5.97 Å². The Morgan fingerprint density at radius 2 is 2.29 bits per heavy atom. The molecule has 2 unspecified atom stereocenters. The van der Waals surface area contributed by atoms with Crippen LogP contribution in [-0.4, -0.2) is 23.2 Å². The van der Waals surface area contributed by atoms with Crippen molar-refractivity contribution in [3.8, 4) is 0 Å². The first-order valence-electron chi connectivity index (χ1n) is 5.49. The summed E-state index contributed by atoms with van der Waals surface area (Å²) in [6.45, 7) is 0. The van der Waals surface area contributed by atoms with E-state index in [4.69, 9.17) is 16.7 Å². The van der Waals surface area contributed by atoms with E-state index in [1.165, 1.54) is 12.1 Å². The van der Waals surface area contributed by atoms with E-state index < -0.39 is 12.0 Å². The Morgan fingerprint density at radius 1 is 1.53 bits per heavy atom. The van der Waals surface area contributed by atoms with Gasteiger partial charge in [-0.2, -0.15) is 0 Å². The fourth-order valence-electron chi connectivity index (χ4n) is 2.14. The summed E-state index contributed by atoms with van der Waals surface area (Å²) in [5.41, 5.74) is 0.529. The van der Waals surface area contributed by atoms with E-state index in [1.54, 1.807) is 6.07 Å². The number of carboxylic acids is 1. The quantitative estimate of drug-likeness (QED) is 0.873. The molecule has 1 fully saturated rings. The molecule has 17 heavy (non-hydrogen) atoms. The van der Waals surface area contributed by atoms with Crippen molar-refractivity contribution in [1.29, 1.82) is 0 Å². The molecule has 1 aromatic carbocycles. The third-order valence-electron chi connectivity index (χ3n) is 3.01. The molecule has 1 aromatic rings. The van der Waals surface area contributed by atoms with Crippen LogP contribution in [0.3, 0.4) is 0 Å². The zero-order valence-electron chi connectivity index (χ0n) is 9.12. The number of carboxylic acid groups (broad SMARTS) is 1. The first-order valence-corrected chi connectivity index (χ1v) is 5.87. The van der Waals surface area contributed by atoms with Crippen LogP contribution in [0.1, 0.15) is 18.4 Å². The Bertz CT molecular complexity index is 439. The highest BCUT2D eigenvalue weighted by Crippen LogP contribution is 2.21. The van der Waals surface area contributed by atoms with Crippen molar-refractivity contribution in [2.45, 2.75) is 31.3 Å². The molecule has 2 N–H and O–H groups in total. The van der Waals surface area contributed by atoms with Crippen molar-refractivity contribution in [3.63, 3.8) is 0 Å². The molecule has 0 spiro atoms. The molecule has 1 heterocycles. The molecule has 5 heteroatoms. The number of aliphatic carboxylic acids is 1. The van der Waals surface area contributed by atoms with Gasteiger partial charge in [-0.25, -0.2) is 4.39 Å². The monoisotopic (exact) mass is 257 g/mol. The summed E-state index contributed by atoms with van der Waals surface area (Å²) in [5.74, 6) is -1.14. The van der Waals surface area contributed by atoms with E-state index in [-0.39, 0.29) is 11.9 Å². The van der Waals surface area contributed by atoms with Gasteiger partial charge in [0.1, 0.15) is 11.9 Å². The standard InChI is InChI=1S/C12H13ClFNO2/c13-8-1-3-10(14)7(5-8)6-9-2-4-11(15-9)12(16)17/h1,3,5,9,11,15H,2,4,6H2,(H,16,17). The maximum absolute atomic E-state index is 13.5. The molecule has 0 saturated carbocycles. The van der Waals surface area contributed by atoms with Crippen molar-refractivity contribution >= 4 is 17.6 Å². The molecule has 0 aromatic heterocycles. The SMILES string of the molecule is O=C(O)C1CCC(Cc2cc(Cl)ccc2F)N1. The van der Waals surface area contributed by atoms with Gasteiger partial charge in [-0.05, 0) is 43.0 Å². The smallest absolute Gasteiger partial charge is 0.320 e. The first kappa shape index (κ1) is 12.3. The average Bonchev–Trinajstić information content (AvgIpc) is 2.72. The molecule has 0 bridgehead atoms. The number of carbonyl (C=O) groups is 1. The lowest BCUT2D eigenvalue weighted by atomic mass is 10.0. The maximum atomic E-state index is 13.5. The second-order valence-corrected chi connectivity index (χ2v) is 4.71. The van der Waals surface area contributed by atoms with Gasteiger partial charge < -0.3 is 10.4 Å². The molecule has 1 saturated heterocycles. The van der Waals surface area contributed by atoms with Gasteiger partial charge in [0.2, 0.25) is 0 Å². The van der Waals surface area contributed by atoms with Gasteiger partial charge in [0.25, 0.3) is 0 Å². The summed E-state index contributed by atoms with van der Waals surface area (Å²) >= 11 is 5.80. The predicted molar refractivity (Wildman–Crippen MR) is 62.7 cm³/mol. The first-order chi connectivity index (χ1) is 8.06. The third kappa shape index (κ3) is 2.96. The highest BCUT2D eigenvalue weighted by molar-refractivity contribution is 6.30. The van der Waals surface area contributed by atoms with Crippen LogP contribution < -0.4 is 5.32 Å². The molecule has 1 aliphatic heterocycles. The summed E-state index contributed by atoms with van der Waals surface area (Å²) in [6, 6.07) is 3.92. The molecule has 2 atom stereocenters. The highest BCUT2D eigenvalue weighted by Gasteiger charge is 2.29. The number of halogens is 2. The second-order valence-electron chi connectivity index (χ2n) is 4.27. The number of benzene rings is 1. The topological polar surface area (TPSA) is 49.3 Å². The Balaban J connectivity index is 2.02. The number of hydrogen-bond acceptors (Lipinski definition) is 2. The molecule has 0 amide bonds. The minimum atomic E-state index is -0.848. The van der Waals surface area contributed by atoms with E-state index in [9.17, 15) is 9.18 Å². The fraction of sp³-hybridized carbons (Fsp3) is 0.417. The van der Waals surface area contributed by atoms with Crippen LogP contribution in [0.15, 0.2) is 18.2 Å². The number of nitrogens with one attached hydrogen (secondary N) is 1. The van der Waals surface area contributed by atoms with Crippen LogP contribution in [0.4, 0.5) is 4.39 Å². The van der Waals surface area contributed by atoms with Crippen molar-refractivity contribution < 1.29 is 14.3 Å². The van der Waals surface area contributed by atoms with Gasteiger partial charge in [0.05, 0.1) is 0 Å². The zero-order chi connectivity index (χ0) is 12.4. The summed E-state index contributed by atoms with van der Waals surface area (Å²) in [4.78, 5) is 10.8. The van der Waals surface area contributed by atoms with Crippen LogP contribution in [0.2, 0.25) is 5.02 Å². The lowest BCUT2D eigenvalue weighted by molar-refractivity contribution is -0.139. The molecule has 0 aliphatic carbocycles. The van der Waals surface area contributed by atoms with E-state index in [0.717, 1.165) is 6.42 Å². The molecular weight excluding hydrogens is 245 g/mol. The second kappa shape index (κ2) is 5.02. The van der Waals surface area contributed by atoms with Crippen molar-refractivity contribution in [1.82, 2.24) is 5.32 Å². The summed E-state index contributed by atoms with van der Waals surface area (Å²) < 4.78 is 13.5. The highest BCUT2D eigenvalue weighted by atomic mass is 35.5. The molecule has 92 valence electrons. The van der Waals surface area contributed by atoms with Gasteiger partial charge in [-0.1, -0.05) is 11.6 Å². The van der Waals surface area contributed by atoms with E-state index in [0.29, 0.717) is 23.4 Å². The van der Waals surface area contributed by atoms with Crippen LogP contribution in [0, 0.1) is 5.82 Å². The summed E-state index contributed by atoms with van der Waals surface area (Å²) in [7, 11) is 0. The van der Waals surface area contributed by atoms with Gasteiger partial charge in [-0.3, -0.25) is 4.79 Å². The molecule has 2 rings (SSSR count). The van der Waals surface area contributed by atoms with E-state index in [2.05, 4.69) is 5.32 Å². The molecule has 1 aliphatic rings. The maximum Gasteiger partial charge on any atom is 0.320 e. The Kier molecular flexibility index (Phi) is 3.64. The number of rotatable bonds is 3. The molecular formula is C12H13ClFNO2. The lowest BCUT2D eigenvalue weighted by Gasteiger charge is -2.12. The van der Waals surface area contributed by atoms with Gasteiger partial charge in [0.15, 0.2) is 0 Å². The minimum Gasteiger partial charge on any atom is -0.480 e. The Labute approximate surface area is 104 Å². The summed E-state index contributed by atoms with van der Waals surface area (Å²) in [5, 5.41) is 12.3. The van der Waals surface area contributed by atoms with Crippen LogP contribution in [0.5, 0.6) is 0 Å². The molecule has 3 nitrogen and oxygen atoms in total. The predicted octanol–water partition coefficient (Wildman–Crippen LogP) is 2.23. The Hall–Kier alpha value is -1.13. The zero-order valence-corrected chi connectivity index (χ0v) is 9.88. The Morgan fingerprint density at radius 3 is 2.94 bits per heavy atom. The minimum absolute atomic E-state index is 0.00377. The third-order valence-corrected chi connectivity index (χ3v) is 3.25. The van der Waals surface area contributed by atoms with Crippen LogP contribution in [-0.2, 0) is 11.2 Å². The van der Waals surface area contributed by atoms with Gasteiger partial charge in [-0.15, -0.1) is 0 Å². The van der Waals surface area contributed by atoms with Crippen LogP contribution >= 0.6 is 11.6 Å². The van der Waals surface area contributed by atoms with E-state index >= 15 is 0 Å². The fourth-order valence-corrected chi connectivity index (χ4v) is 2.33.